The summed E-state index contributed by atoms with van der Waals surface area (Å²) in [6.45, 7) is 0. The molecule has 2 N–H and O–H groups in total. The highest BCUT2D eigenvalue weighted by atomic mass is 79.9. The van der Waals surface area contributed by atoms with E-state index in [0.29, 0.717) is 10.6 Å². The van der Waals surface area contributed by atoms with Crippen molar-refractivity contribution >= 4 is 55.0 Å². The maximum absolute atomic E-state index is 12.4. The van der Waals surface area contributed by atoms with Gasteiger partial charge in [-0.25, -0.2) is 4.98 Å². The van der Waals surface area contributed by atoms with Crippen LogP contribution in [0.1, 0.15) is 20.0 Å². The standard InChI is InChI=1S/C17H11Br2N3O3S/c18-10-3-5-11(6-4-10)25-17-12(2-1-9-20-17)15(23)21-22-16(24)13-7-8-14(19)26-13/h1-9H,(H,21,23)(H,22,24). The summed E-state index contributed by atoms with van der Waals surface area (Å²) in [6.07, 6.45) is 1.52. The molecule has 3 rings (SSSR count). The van der Waals surface area contributed by atoms with Gasteiger partial charge in [-0.3, -0.25) is 20.4 Å². The average molecular weight is 497 g/mol. The predicted molar refractivity (Wildman–Crippen MR) is 105 cm³/mol. The zero-order valence-corrected chi connectivity index (χ0v) is 17.0. The van der Waals surface area contributed by atoms with Crippen LogP contribution in [0, 0.1) is 0 Å². The Morgan fingerprint density at radius 3 is 2.38 bits per heavy atom. The van der Waals surface area contributed by atoms with Gasteiger partial charge in [0.1, 0.15) is 11.3 Å². The molecule has 0 atom stereocenters. The van der Waals surface area contributed by atoms with E-state index in [4.69, 9.17) is 4.74 Å². The lowest BCUT2D eigenvalue weighted by Crippen LogP contribution is -2.41. The van der Waals surface area contributed by atoms with Crippen LogP contribution in [0.4, 0.5) is 0 Å². The topological polar surface area (TPSA) is 80.3 Å². The van der Waals surface area contributed by atoms with Crippen molar-refractivity contribution in [2.75, 3.05) is 0 Å². The third-order valence-corrected chi connectivity index (χ3v) is 5.28. The van der Waals surface area contributed by atoms with Crippen molar-refractivity contribution in [2.45, 2.75) is 0 Å². The van der Waals surface area contributed by atoms with Crippen molar-refractivity contribution in [2.24, 2.45) is 0 Å². The molecule has 6 nitrogen and oxygen atoms in total. The first-order valence-corrected chi connectivity index (χ1v) is 9.67. The summed E-state index contributed by atoms with van der Waals surface area (Å²) in [5.74, 6) is -0.267. The van der Waals surface area contributed by atoms with Gasteiger partial charge in [-0.1, -0.05) is 15.9 Å². The Morgan fingerprint density at radius 2 is 1.69 bits per heavy atom. The third kappa shape index (κ3) is 4.69. The number of carbonyl (C=O) groups is 2. The largest absolute Gasteiger partial charge is 0.438 e. The number of thiophene rings is 1. The Labute approximate surface area is 169 Å². The van der Waals surface area contributed by atoms with Gasteiger partial charge in [0.15, 0.2) is 0 Å². The number of hydrogen-bond donors (Lipinski definition) is 2. The van der Waals surface area contributed by atoms with E-state index in [1.54, 1.807) is 36.4 Å². The molecule has 132 valence electrons. The molecule has 0 aliphatic rings. The molecule has 9 heteroatoms. The molecule has 0 bridgehead atoms. The van der Waals surface area contributed by atoms with Crippen molar-refractivity contribution in [1.82, 2.24) is 15.8 Å². The Bertz CT molecular complexity index is 944. The minimum absolute atomic E-state index is 0.139. The fourth-order valence-electron chi connectivity index (χ4n) is 1.94. The number of nitrogens with zero attached hydrogens (tertiary/aromatic N) is 1. The Kier molecular flexibility index (Phi) is 6.02. The fraction of sp³-hybridized carbons (Fsp3) is 0. The highest BCUT2D eigenvalue weighted by Gasteiger charge is 2.16. The molecule has 0 saturated heterocycles. The Hall–Kier alpha value is -2.23. The van der Waals surface area contributed by atoms with Gasteiger partial charge in [-0.2, -0.15) is 0 Å². The van der Waals surface area contributed by atoms with E-state index in [-0.39, 0.29) is 11.4 Å². The van der Waals surface area contributed by atoms with Gasteiger partial charge in [0.05, 0.1) is 8.66 Å². The molecule has 26 heavy (non-hydrogen) atoms. The first kappa shape index (κ1) is 18.6. The summed E-state index contributed by atoms with van der Waals surface area (Å²) in [7, 11) is 0. The highest BCUT2D eigenvalue weighted by molar-refractivity contribution is 9.11. The minimum atomic E-state index is -0.533. The number of benzene rings is 1. The van der Waals surface area contributed by atoms with Crippen molar-refractivity contribution in [3.05, 3.63) is 73.4 Å². The lowest BCUT2D eigenvalue weighted by Gasteiger charge is -2.10. The second-order valence-electron chi connectivity index (χ2n) is 4.92. The van der Waals surface area contributed by atoms with Gasteiger partial charge in [-0.15, -0.1) is 11.3 Å². The molecule has 2 aromatic heterocycles. The molecule has 3 aromatic rings. The van der Waals surface area contributed by atoms with Crippen molar-refractivity contribution in [3.8, 4) is 11.6 Å². The van der Waals surface area contributed by atoms with Crippen LogP contribution in [0.25, 0.3) is 0 Å². The van der Waals surface area contributed by atoms with Gasteiger partial charge in [0.25, 0.3) is 11.8 Å². The number of halogens is 2. The number of amides is 2. The van der Waals surface area contributed by atoms with Crippen LogP contribution in [-0.2, 0) is 0 Å². The summed E-state index contributed by atoms with van der Waals surface area (Å²) in [4.78, 5) is 29.0. The fourth-order valence-corrected chi connectivity index (χ4v) is 3.48. The molecule has 2 heterocycles. The van der Waals surface area contributed by atoms with Gasteiger partial charge >= 0.3 is 0 Å². The number of hydrogen-bond acceptors (Lipinski definition) is 5. The number of hydrazine groups is 1. The maximum Gasteiger partial charge on any atom is 0.279 e. The summed E-state index contributed by atoms with van der Waals surface area (Å²) in [5, 5.41) is 0. The van der Waals surface area contributed by atoms with Crippen LogP contribution in [0.2, 0.25) is 0 Å². The van der Waals surface area contributed by atoms with E-state index in [1.165, 1.54) is 17.5 Å². The Balaban J connectivity index is 1.69. The van der Waals surface area contributed by atoms with Crippen molar-refractivity contribution in [3.63, 3.8) is 0 Å². The first-order chi connectivity index (χ1) is 12.5. The second kappa shape index (κ2) is 8.43. The van der Waals surface area contributed by atoms with Gasteiger partial charge in [0.2, 0.25) is 5.88 Å². The van der Waals surface area contributed by atoms with Crippen LogP contribution < -0.4 is 15.6 Å². The quantitative estimate of drug-likeness (QED) is 0.520. The van der Waals surface area contributed by atoms with Gasteiger partial charge in [-0.05, 0) is 64.5 Å². The number of carbonyl (C=O) groups excluding carboxylic acids is 2. The zero-order valence-electron chi connectivity index (χ0n) is 13.0. The average Bonchev–Trinajstić information content (AvgIpc) is 3.08. The predicted octanol–water partition coefficient (Wildman–Crippen LogP) is 4.54. The van der Waals surface area contributed by atoms with Crippen LogP contribution >= 0.6 is 43.2 Å². The van der Waals surface area contributed by atoms with Crippen LogP contribution in [-0.4, -0.2) is 16.8 Å². The van der Waals surface area contributed by atoms with E-state index in [2.05, 4.69) is 47.7 Å². The van der Waals surface area contributed by atoms with Crippen molar-refractivity contribution < 1.29 is 14.3 Å². The van der Waals surface area contributed by atoms with Crippen LogP contribution in [0.5, 0.6) is 11.6 Å². The molecule has 0 radical (unpaired) electrons. The van der Waals surface area contributed by atoms with E-state index in [1.807, 2.05) is 12.1 Å². The zero-order chi connectivity index (χ0) is 18.5. The highest BCUT2D eigenvalue weighted by Crippen LogP contribution is 2.24. The minimum Gasteiger partial charge on any atom is -0.438 e. The van der Waals surface area contributed by atoms with Gasteiger partial charge in [0, 0.05) is 10.7 Å². The number of ether oxygens (including phenoxy) is 1. The lowest BCUT2D eigenvalue weighted by atomic mass is 10.2. The number of nitrogens with one attached hydrogen (secondary N) is 2. The normalized spacial score (nSPS) is 10.2. The summed E-state index contributed by atoms with van der Waals surface area (Å²) in [5.41, 5.74) is 4.94. The maximum atomic E-state index is 12.4. The molecule has 0 aliphatic carbocycles. The molecular formula is C17H11Br2N3O3S. The van der Waals surface area contributed by atoms with E-state index in [9.17, 15) is 9.59 Å². The monoisotopic (exact) mass is 495 g/mol. The van der Waals surface area contributed by atoms with Crippen molar-refractivity contribution in [1.29, 1.82) is 0 Å². The molecule has 0 fully saturated rings. The van der Waals surface area contributed by atoms with Crippen LogP contribution in [0.3, 0.4) is 0 Å². The summed E-state index contributed by atoms with van der Waals surface area (Å²) >= 11 is 7.89. The van der Waals surface area contributed by atoms with E-state index in [0.717, 1.165) is 8.26 Å². The van der Waals surface area contributed by atoms with Crippen LogP contribution in [0.15, 0.2) is 63.0 Å². The second-order valence-corrected chi connectivity index (χ2v) is 8.30. The molecule has 1 aromatic carbocycles. The lowest BCUT2D eigenvalue weighted by molar-refractivity contribution is 0.0847. The Morgan fingerprint density at radius 1 is 0.962 bits per heavy atom. The molecule has 0 unspecified atom stereocenters. The molecule has 0 spiro atoms. The SMILES string of the molecule is O=C(NNC(=O)c1cccnc1Oc1ccc(Br)cc1)c1ccc(Br)s1. The molecule has 0 saturated carbocycles. The summed E-state index contributed by atoms with van der Waals surface area (Å²) < 4.78 is 7.41. The number of rotatable bonds is 4. The number of pyridine rings is 1. The summed E-state index contributed by atoms with van der Waals surface area (Å²) in [6, 6.07) is 13.7. The first-order valence-electron chi connectivity index (χ1n) is 7.27. The molecular weight excluding hydrogens is 486 g/mol. The smallest absolute Gasteiger partial charge is 0.279 e. The third-order valence-electron chi connectivity index (χ3n) is 3.13. The van der Waals surface area contributed by atoms with Gasteiger partial charge < -0.3 is 4.74 Å². The molecule has 2 amide bonds. The number of aromatic nitrogens is 1. The molecule has 0 aliphatic heterocycles. The van der Waals surface area contributed by atoms with E-state index < -0.39 is 11.8 Å². The van der Waals surface area contributed by atoms with E-state index >= 15 is 0 Å².